The zero-order valence-corrected chi connectivity index (χ0v) is 12.2. The number of benzene rings is 2. The number of nitrogens with two attached hydrogens (primary N) is 1. The third-order valence-corrected chi connectivity index (χ3v) is 3.16. The van der Waals surface area contributed by atoms with E-state index in [1.165, 1.54) is 11.1 Å². The van der Waals surface area contributed by atoms with E-state index in [1.807, 2.05) is 36.4 Å². The van der Waals surface area contributed by atoms with Crippen molar-refractivity contribution in [3.63, 3.8) is 0 Å². The van der Waals surface area contributed by atoms with Crippen LogP contribution in [0.3, 0.4) is 0 Å². The number of rotatable bonds is 5. The van der Waals surface area contributed by atoms with Gasteiger partial charge < -0.3 is 15.2 Å². The number of hydrogen-bond donors (Lipinski definition) is 1. The van der Waals surface area contributed by atoms with Crippen LogP contribution in [0, 0.1) is 13.8 Å². The minimum absolute atomic E-state index is 0.216. The number of hydrogen-bond acceptors (Lipinski definition) is 3. The molecule has 1 unspecified atom stereocenters. The third kappa shape index (κ3) is 3.52. The molecule has 106 valence electrons. The Morgan fingerprint density at radius 1 is 1.05 bits per heavy atom. The summed E-state index contributed by atoms with van der Waals surface area (Å²) >= 11 is 0. The van der Waals surface area contributed by atoms with Crippen molar-refractivity contribution in [2.75, 3.05) is 13.7 Å². The molecule has 0 aliphatic carbocycles. The van der Waals surface area contributed by atoms with E-state index in [0.717, 1.165) is 17.1 Å². The van der Waals surface area contributed by atoms with Gasteiger partial charge in [0.1, 0.15) is 18.1 Å². The second-order valence-electron chi connectivity index (χ2n) is 4.98. The first kappa shape index (κ1) is 14.4. The highest BCUT2D eigenvalue weighted by Gasteiger charge is 2.12. The highest BCUT2D eigenvalue weighted by molar-refractivity contribution is 5.36. The second kappa shape index (κ2) is 6.44. The Morgan fingerprint density at radius 2 is 1.70 bits per heavy atom. The molecule has 0 heterocycles. The summed E-state index contributed by atoms with van der Waals surface area (Å²) in [6.07, 6.45) is 0. The molecule has 2 rings (SSSR count). The molecule has 0 radical (unpaired) electrons. The molecule has 0 saturated heterocycles. The predicted molar refractivity (Wildman–Crippen MR) is 81.3 cm³/mol. The first-order valence-electron chi connectivity index (χ1n) is 6.69. The number of aryl methyl sites for hydroxylation is 2. The van der Waals surface area contributed by atoms with Gasteiger partial charge >= 0.3 is 0 Å². The van der Waals surface area contributed by atoms with Crippen molar-refractivity contribution in [2.45, 2.75) is 19.9 Å². The SMILES string of the molecule is COc1ccccc1C(N)COc1cc(C)cc(C)c1. The van der Waals surface area contributed by atoms with Crippen LogP contribution in [0.15, 0.2) is 42.5 Å². The van der Waals surface area contributed by atoms with Crippen molar-refractivity contribution in [3.8, 4) is 11.5 Å². The molecule has 0 aromatic heterocycles. The van der Waals surface area contributed by atoms with Crippen LogP contribution in [-0.4, -0.2) is 13.7 Å². The molecule has 20 heavy (non-hydrogen) atoms. The fourth-order valence-electron chi connectivity index (χ4n) is 2.26. The smallest absolute Gasteiger partial charge is 0.123 e. The van der Waals surface area contributed by atoms with Crippen molar-refractivity contribution in [2.24, 2.45) is 5.73 Å². The quantitative estimate of drug-likeness (QED) is 0.906. The van der Waals surface area contributed by atoms with Crippen LogP contribution in [0.2, 0.25) is 0 Å². The summed E-state index contributed by atoms with van der Waals surface area (Å²) in [6, 6.07) is 13.7. The van der Waals surface area contributed by atoms with Gasteiger partial charge in [0.05, 0.1) is 13.2 Å². The van der Waals surface area contributed by atoms with Crippen molar-refractivity contribution >= 4 is 0 Å². The molecule has 0 bridgehead atoms. The Labute approximate surface area is 120 Å². The normalized spacial score (nSPS) is 12.0. The molecule has 2 aromatic rings. The maximum Gasteiger partial charge on any atom is 0.123 e. The zero-order valence-electron chi connectivity index (χ0n) is 12.2. The van der Waals surface area contributed by atoms with E-state index in [1.54, 1.807) is 7.11 Å². The van der Waals surface area contributed by atoms with Gasteiger partial charge in [0, 0.05) is 5.56 Å². The fourth-order valence-corrected chi connectivity index (χ4v) is 2.26. The lowest BCUT2D eigenvalue weighted by Gasteiger charge is -2.17. The first-order valence-corrected chi connectivity index (χ1v) is 6.69. The van der Waals surface area contributed by atoms with E-state index in [4.69, 9.17) is 15.2 Å². The van der Waals surface area contributed by atoms with Crippen molar-refractivity contribution in [1.29, 1.82) is 0 Å². The summed E-state index contributed by atoms with van der Waals surface area (Å²) in [5.41, 5.74) is 9.52. The fraction of sp³-hybridized carbons (Fsp3) is 0.294. The van der Waals surface area contributed by atoms with Gasteiger partial charge in [0.2, 0.25) is 0 Å². The molecular formula is C17H21NO2. The van der Waals surface area contributed by atoms with Gasteiger partial charge in [-0.3, -0.25) is 0 Å². The Balaban J connectivity index is 2.06. The van der Waals surface area contributed by atoms with E-state index in [-0.39, 0.29) is 6.04 Å². The average molecular weight is 271 g/mol. The lowest BCUT2D eigenvalue weighted by atomic mass is 10.1. The molecule has 0 fully saturated rings. The highest BCUT2D eigenvalue weighted by atomic mass is 16.5. The van der Waals surface area contributed by atoms with Crippen LogP contribution in [-0.2, 0) is 0 Å². The predicted octanol–water partition coefficient (Wildman–Crippen LogP) is 3.39. The van der Waals surface area contributed by atoms with E-state index in [0.29, 0.717) is 6.61 Å². The molecular weight excluding hydrogens is 250 g/mol. The van der Waals surface area contributed by atoms with Crippen LogP contribution in [0.4, 0.5) is 0 Å². The van der Waals surface area contributed by atoms with E-state index < -0.39 is 0 Å². The Hall–Kier alpha value is -2.00. The first-order chi connectivity index (χ1) is 9.60. The largest absolute Gasteiger partial charge is 0.496 e. The Morgan fingerprint density at radius 3 is 2.35 bits per heavy atom. The Bertz CT molecular complexity index is 561. The number of methoxy groups -OCH3 is 1. The van der Waals surface area contributed by atoms with Crippen molar-refractivity contribution in [1.82, 2.24) is 0 Å². The van der Waals surface area contributed by atoms with Gasteiger partial charge in [-0.15, -0.1) is 0 Å². The van der Waals surface area contributed by atoms with Gasteiger partial charge in [0.25, 0.3) is 0 Å². The summed E-state index contributed by atoms with van der Waals surface area (Å²) in [6.45, 7) is 4.53. The maximum absolute atomic E-state index is 6.19. The minimum atomic E-state index is -0.216. The van der Waals surface area contributed by atoms with Gasteiger partial charge in [-0.05, 0) is 43.2 Å². The van der Waals surface area contributed by atoms with E-state index in [2.05, 4.69) is 19.9 Å². The second-order valence-corrected chi connectivity index (χ2v) is 4.98. The van der Waals surface area contributed by atoms with Crippen LogP contribution >= 0.6 is 0 Å². The summed E-state index contributed by atoms with van der Waals surface area (Å²) in [5.74, 6) is 1.65. The molecule has 2 aromatic carbocycles. The topological polar surface area (TPSA) is 44.5 Å². The van der Waals surface area contributed by atoms with Crippen LogP contribution in [0.5, 0.6) is 11.5 Å². The van der Waals surface area contributed by atoms with Crippen LogP contribution in [0.25, 0.3) is 0 Å². The summed E-state index contributed by atoms with van der Waals surface area (Å²) in [7, 11) is 1.65. The maximum atomic E-state index is 6.19. The average Bonchev–Trinajstić information content (AvgIpc) is 2.43. The molecule has 2 N–H and O–H groups in total. The van der Waals surface area contributed by atoms with Crippen molar-refractivity contribution in [3.05, 3.63) is 59.2 Å². The van der Waals surface area contributed by atoms with E-state index in [9.17, 15) is 0 Å². The van der Waals surface area contributed by atoms with Gasteiger partial charge in [-0.25, -0.2) is 0 Å². The summed E-state index contributed by atoms with van der Waals surface area (Å²) in [5, 5.41) is 0. The number of ether oxygens (including phenoxy) is 2. The Kier molecular flexibility index (Phi) is 4.64. The van der Waals surface area contributed by atoms with Crippen LogP contribution < -0.4 is 15.2 Å². The summed E-state index contributed by atoms with van der Waals surface area (Å²) < 4.78 is 11.1. The molecule has 1 atom stereocenters. The lowest BCUT2D eigenvalue weighted by Crippen LogP contribution is -2.19. The zero-order chi connectivity index (χ0) is 14.5. The number of para-hydroxylation sites is 1. The summed E-state index contributed by atoms with van der Waals surface area (Å²) in [4.78, 5) is 0. The van der Waals surface area contributed by atoms with Crippen molar-refractivity contribution < 1.29 is 9.47 Å². The van der Waals surface area contributed by atoms with Crippen LogP contribution in [0.1, 0.15) is 22.7 Å². The highest BCUT2D eigenvalue weighted by Crippen LogP contribution is 2.24. The molecule has 0 spiro atoms. The standard InChI is InChI=1S/C17H21NO2/c1-12-8-13(2)10-14(9-12)20-11-16(18)15-6-4-5-7-17(15)19-3/h4-10,16H,11,18H2,1-3H3. The molecule has 0 aliphatic rings. The van der Waals surface area contributed by atoms with Gasteiger partial charge in [0.15, 0.2) is 0 Å². The molecule has 3 nitrogen and oxygen atoms in total. The third-order valence-electron chi connectivity index (χ3n) is 3.16. The molecule has 0 aliphatic heterocycles. The van der Waals surface area contributed by atoms with Gasteiger partial charge in [-0.1, -0.05) is 24.3 Å². The van der Waals surface area contributed by atoms with E-state index >= 15 is 0 Å². The lowest BCUT2D eigenvalue weighted by molar-refractivity contribution is 0.286. The molecule has 3 heteroatoms. The minimum Gasteiger partial charge on any atom is -0.496 e. The van der Waals surface area contributed by atoms with Gasteiger partial charge in [-0.2, -0.15) is 0 Å². The molecule has 0 amide bonds. The molecule has 0 saturated carbocycles. The monoisotopic (exact) mass is 271 g/mol.